The zero-order chi connectivity index (χ0) is 14.1. The molecule has 7 heteroatoms. The lowest BCUT2D eigenvalue weighted by atomic mass is 10.4. The van der Waals surface area contributed by atoms with Crippen molar-refractivity contribution in [3.05, 3.63) is 0 Å². The molecule has 1 aromatic rings. The van der Waals surface area contributed by atoms with Crippen LogP contribution in [0.4, 0.5) is 11.9 Å². The van der Waals surface area contributed by atoms with Crippen LogP contribution >= 0.6 is 0 Å². The van der Waals surface area contributed by atoms with Gasteiger partial charge in [0, 0.05) is 13.1 Å². The molecule has 2 N–H and O–H groups in total. The number of nitrogens with one attached hydrogen (secondary N) is 2. The maximum atomic E-state index is 5.33. The van der Waals surface area contributed by atoms with Crippen LogP contribution in [0.3, 0.4) is 0 Å². The van der Waals surface area contributed by atoms with E-state index in [2.05, 4.69) is 44.6 Å². The van der Waals surface area contributed by atoms with Gasteiger partial charge >= 0.3 is 6.01 Å². The Hall–Kier alpha value is -1.63. The van der Waals surface area contributed by atoms with E-state index < -0.39 is 0 Å². The van der Waals surface area contributed by atoms with Crippen LogP contribution in [0.25, 0.3) is 0 Å². The van der Waals surface area contributed by atoms with Crippen molar-refractivity contribution in [1.82, 2.24) is 19.9 Å². The summed E-state index contributed by atoms with van der Waals surface area (Å²) in [7, 11) is 4.11. The van der Waals surface area contributed by atoms with Crippen molar-refractivity contribution in [2.45, 2.75) is 20.3 Å². The Labute approximate surface area is 114 Å². The summed E-state index contributed by atoms with van der Waals surface area (Å²) in [5, 5.41) is 6.25. The van der Waals surface area contributed by atoms with Gasteiger partial charge in [0.25, 0.3) is 0 Å². The number of ether oxygens (including phenoxy) is 1. The number of hydrogen-bond donors (Lipinski definition) is 2. The first-order valence-corrected chi connectivity index (χ1v) is 6.67. The van der Waals surface area contributed by atoms with E-state index in [0.717, 1.165) is 26.1 Å². The first-order chi connectivity index (χ1) is 9.15. The van der Waals surface area contributed by atoms with E-state index in [0.29, 0.717) is 24.5 Å². The molecule has 0 spiro atoms. The molecule has 0 fully saturated rings. The zero-order valence-electron chi connectivity index (χ0n) is 12.2. The average molecular weight is 268 g/mol. The summed E-state index contributed by atoms with van der Waals surface area (Å²) in [5.41, 5.74) is 0. The van der Waals surface area contributed by atoms with Gasteiger partial charge in [-0.15, -0.1) is 0 Å². The predicted octanol–water partition coefficient (Wildman–Crippen LogP) is 1.07. The molecule has 0 unspecified atom stereocenters. The largest absolute Gasteiger partial charge is 0.464 e. The molecule has 0 bridgehead atoms. The highest BCUT2D eigenvalue weighted by Crippen LogP contribution is 2.10. The second-order valence-corrected chi connectivity index (χ2v) is 4.31. The normalized spacial score (nSPS) is 10.6. The molecule has 19 heavy (non-hydrogen) atoms. The molecule has 108 valence electrons. The van der Waals surface area contributed by atoms with Crippen molar-refractivity contribution in [1.29, 1.82) is 0 Å². The lowest BCUT2D eigenvalue weighted by Crippen LogP contribution is -2.17. The van der Waals surface area contributed by atoms with Gasteiger partial charge < -0.3 is 20.3 Å². The quantitative estimate of drug-likeness (QED) is 0.649. The maximum absolute atomic E-state index is 5.33. The number of hydrogen-bond acceptors (Lipinski definition) is 7. The summed E-state index contributed by atoms with van der Waals surface area (Å²) < 4.78 is 5.33. The van der Waals surface area contributed by atoms with Crippen LogP contribution in [-0.2, 0) is 0 Å². The monoisotopic (exact) mass is 268 g/mol. The first-order valence-electron chi connectivity index (χ1n) is 6.67. The molecule has 1 aromatic heterocycles. The van der Waals surface area contributed by atoms with Crippen LogP contribution < -0.4 is 15.4 Å². The third-order valence-corrected chi connectivity index (χ3v) is 2.29. The Kier molecular flexibility index (Phi) is 6.88. The van der Waals surface area contributed by atoms with Crippen molar-refractivity contribution in [3.8, 4) is 6.01 Å². The van der Waals surface area contributed by atoms with Crippen molar-refractivity contribution in [2.24, 2.45) is 0 Å². The van der Waals surface area contributed by atoms with E-state index in [-0.39, 0.29) is 0 Å². The van der Waals surface area contributed by atoms with Crippen molar-refractivity contribution >= 4 is 11.9 Å². The summed E-state index contributed by atoms with van der Waals surface area (Å²) in [5.74, 6) is 1.09. The van der Waals surface area contributed by atoms with Crippen LogP contribution in [0.5, 0.6) is 6.01 Å². The fraction of sp³-hybridized carbons (Fsp3) is 0.750. The number of rotatable bonds is 9. The van der Waals surface area contributed by atoms with Gasteiger partial charge in [0.2, 0.25) is 11.9 Å². The van der Waals surface area contributed by atoms with Gasteiger partial charge in [-0.25, -0.2) is 0 Å². The van der Waals surface area contributed by atoms with Crippen LogP contribution in [0.15, 0.2) is 0 Å². The Morgan fingerprint density at radius 1 is 1.05 bits per heavy atom. The lowest BCUT2D eigenvalue weighted by molar-refractivity contribution is 0.312. The molecule has 0 saturated carbocycles. The van der Waals surface area contributed by atoms with Crippen LogP contribution in [0.1, 0.15) is 20.3 Å². The zero-order valence-corrected chi connectivity index (χ0v) is 12.2. The Balaban J connectivity index is 2.59. The van der Waals surface area contributed by atoms with Crippen molar-refractivity contribution in [2.75, 3.05) is 51.0 Å². The minimum atomic E-state index is 0.351. The second kappa shape index (κ2) is 8.47. The highest BCUT2D eigenvalue weighted by Gasteiger charge is 2.06. The van der Waals surface area contributed by atoms with Gasteiger partial charge in [-0.2, -0.15) is 15.0 Å². The average Bonchev–Trinajstić information content (AvgIpc) is 2.35. The molecular formula is C12H24N6O. The van der Waals surface area contributed by atoms with Gasteiger partial charge in [0.1, 0.15) is 0 Å². The maximum Gasteiger partial charge on any atom is 0.323 e. The van der Waals surface area contributed by atoms with E-state index in [4.69, 9.17) is 4.74 Å². The molecule has 0 aliphatic rings. The van der Waals surface area contributed by atoms with Gasteiger partial charge in [-0.3, -0.25) is 0 Å². The number of anilines is 2. The SMILES string of the molecule is CCNc1nc(NCCCN(C)C)nc(OCC)n1. The molecule has 0 aromatic carbocycles. The molecule has 0 atom stereocenters. The number of aromatic nitrogens is 3. The van der Waals surface area contributed by atoms with E-state index in [1.165, 1.54) is 0 Å². The smallest absolute Gasteiger partial charge is 0.323 e. The highest BCUT2D eigenvalue weighted by atomic mass is 16.5. The summed E-state index contributed by atoms with van der Waals surface area (Å²) in [4.78, 5) is 14.8. The van der Waals surface area contributed by atoms with Crippen molar-refractivity contribution in [3.63, 3.8) is 0 Å². The molecule has 0 amide bonds. The molecule has 0 saturated heterocycles. The third kappa shape index (κ3) is 6.19. The van der Waals surface area contributed by atoms with E-state index in [9.17, 15) is 0 Å². The van der Waals surface area contributed by atoms with Crippen LogP contribution in [0, 0.1) is 0 Å². The fourth-order valence-electron chi connectivity index (χ4n) is 1.46. The molecular weight excluding hydrogens is 244 g/mol. The molecule has 1 rings (SSSR count). The summed E-state index contributed by atoms with van der Waals surface area (Å²) >= 11 is 0. The van der Waals surface area contributed by atoms with Gasteiger partial charge in [-0.1, -0.05) is 0 Å². The fourth-order valence-corrected chi connectivity index (χ4v) is 1.46. The third-order valence-electron chi connectivity index (χ3n) is 2.29. The minimum Gasteiger partial charge on any atom is -0.464 e. The summed E-state index contributed by atoms with van der Waals surface area (Å²) in [6, 6.07) is 0.351. The molecule has 0 radical (unpaired) electrons. The standard InChI is InChI=1S/C12H24N6O/c1-5-13-10-15-11(14-8-7-9-18(3)4)17-12(16-10)19-6-2/h5-9H2,1-4H3,(H2,13,14,15,16,17). The highest BCUT2D eigenvalue weighted by molar-refractivity contribution is 5.35. The van der Waals surface area contributed by atoms with E-state index >= 15 is 0 Å². The summed E-state index contributed by atoms with van der Waals surface area (Å²) in [6.45, 7) is 7.04. The molecule has 0 aliphatic carbocycles. The van der Waals surface area contributed by atoms with Gasteiger partial charge in [-0.05, 0) is 40.9 Å². The second-order valence-electron chi connectivity index (χ2n) is 4.31. The van der Waals surface area contributed by atoms with Crippen LogP contribution in [-0.4, -0.2) is 60.2 Å². The number of nitrogens with zero attached hydrogens (tertiary/aromatic N) is 4. The first kappa shape index (κ1) is 15.4. The van der Waals surface area contributed by atoms with E-state index in [1.54, 1.807) is 0 Å². The van der Waals surface area contributed by atoms with Gasteiger partial charge in [0.15, 0.2) is 0 Å². The molecule has 7 nitrogen and oxygen atoms in total. The predicted molar refractivity (Wildman–Crippen MR) is 76.8 cm³/mol. The molecule has 1 heterocycles. The Morgan fingerprint density at radius 2 is 1.74 bits per heavy atom. The van der Waals surface area contributed by atoms with Gasteiger partial charge in [0.05, 0.1) is 6.61 Å². The Bertz CT molecular complexity index is 347. The Morgan fingerprint density at radius 3 is 2.32 bits per heavy atom. The van der Waals surface area contributed by atoms with Crippen molar-refractivity contribution < 1.29 is 4.74 Å². The topological polar surface area (TPSA) is 75.2 Å². The summed E-state index contributed by atoms with van der Waals surface area (Å²) in [6.07, 6.45) is 1.03. The minimum absolute atomic E-state index is 0.351. The molecule has 0 aliphatic heterocycles. The lowest BCUT2D eigenvalue weighted by Gasteiger charge is -2.11. The van der Waals surface area contributed by atoms with Crippen LogP contribution in [0.2, 0.25) is 0 Å². The van der Waals surface area contributed by atoms with E-state index in [1.807, 2.05) is 13.8 Å².